The number of thiophene rings is 1. The fourth-order valence-corrected chi connectivity index (χ4v) is 9.22. The summed E-state index contributed by atoms with van der Waals surface area (Å²) in [5.74, 6) is 0. The molecule has 2 aromatic heterocycles. The van der Waals surface area contributed by atoms with Crippen molar-refractivity contribution < 1.29 is 4.42 Å². The van der Waals surface area contributed by atoms with Gasteiger partial charge >= 0.3 is 0 Å². The molecule has 55 heavy (non-hydrogen) atoms. The van der Waals surface area contributed by atoms with Crippen LogP contribution in [0.3, 0.4) is 0 Å². The van der Waals surface area contributed by atoms with Crippen LogP contribution in [-0.4, -0.2) is 0 Å². The quantitative estimate of drug-likeness (QED) is 0.170. The van der Waals surface area contributed by atoms with Gasteiger partial charge in [0.2, 0.25) is 0 Å². The molecule has 2 heterocycles. The number of rotatable bonds is 6. The maximum atomic E-state index is 6.47. The van der Waals surface area contributed by atoms with Gasteiger partial charge < -0.3 is 9.32 Å². The molecule has 0 radical (unpaired) electrons. The molecule has 11 aromatic rings. The van der Waals surface area contributed by atoms with Crippen LogP contribution < -0.4 is 4.90 Å². The lowest BCUT2D eigenvalue weighted by atomic mass is 9.98. The highest BCUT2D eigenvalue weighted by molar-refractivity contribution is 7.25. The van der Waals surface area contributed by atoms with Gasteiger partial charge in [0.1, 0.15) is 11.2 Å². The molecule has 0 bridgehead atoms. The van der Waals surface area contributed by atoms with E-state index in [4.69, 9.17) is 4.42 Å². The number of anilines is 3. The summed E-state index contributed by atoms with van der Waals surface area (Å²) in [6.45, 7) is 0. The highest BCUT2D eigenvalue weighted by atomic mass is 32.1. The molecular formula is C52H33NOS. The van der Waals surface area contributed by atoms with Crippen LogP contribution in [0.1, 0.15) is 0 Å². The molecule has 0 atom stereocenters. The lowest BCUT2D eigenvalue weighted by molar-refractivity contribution is 0.669. The summed E-state index contributed by atoms with van der Waals surface area (Å²) in [5.41, 5.74) is 12.3. The Balaban J connectivity index is 1.03. The summed E-state index contributed by atoms with van der Waals surface area (Å²) >= 11 is 1.85. The van der Waals surface area contributed by atoms with Crippen molar-refractivity contribution in [2.24, 2.45) is 0 Å². The van der Waals surface area contributed by atoms with E-state index in [1.807, 2.05) is 11.3 Å². The largest absolute Gasteiger partial charge is 0.456 e. The van der Waals surface area contributed by atoms with Gasteiger partial charge in [-0.2, -0.15) is 0 Å². The molecule has 0 unspecified atom stereocenters. The van der Waals surface area contributed by atoms with E-state index in [-0.39, 0.29) is 0 Å². The second-order valence-corrected chi connectivity index (χ2v) is 15.2. The van der Waals surface area contributed by atoms with Crippen molar-refractivity contribution in [2.45, 2.75) is 0 Å². The van der Waals surface area contributed by atoms with Crippen LogP contribution in [0.5, 0.6) is 0 Å². The van der Waals surface area contributed by atoms with Crippen LogP contribution in [-0.2, 0) is 0 Å². The maximum absolute atomic E-state index is 6.47. The number of benzene rings is 9. The van der Waals surface area contributed by atoms with E-state index in [1.165, 1.54) is 58.9 Å². The molecule has 0 fully saturated rings. The van der Waals surface area contributed by atoms with E-state index >= 15 is 0 Å². The van der Waals surface area contributed by atoms with E-state index in [1.54, 1.807) is 0 Å². The topological polar surface area (TPSA) is 16.4 Å². The minimum Gasteiger partial charge on any atom is -0.456 e. The summed E-state index contributed by atoms with van der Waals surface area (Å²) < 4.78 is 9.11. The van der Waals surface area contributed by atoms with Gasteiger partial charge in [-0.1, -0.05) is 127 Å². The summed E-state index contributed by atoms with van der Waals surface area (Å²) in [4.78, 5) is 2.35. The van der Waals surface area contributed by atoms with Gasteiger partial charge in [-0.15, -0.1) is 11.3 Å². The third-order valence-electron chi connectivity index (χ3n) is 10.9. The molecule has 0 aliphatic rings. The molecule has 3 heteroatoms. The number of hydrogen-bond acceptors (Lipinski definition) is 3. The lowest BCUT2D eigenvalue weighted by Gasteiger charge is -2.26. The zero-order chi connectivity index (χ0) is 36.3. The molecule has 0 saturated carbocycles. The molecule has 0 N–H and O–H groups in total. The van der Waals surface area contributed by atoms with Gasteiger partial charge in [0.15, 0.2) is 0 Å². The van der Waals surface area contributed by atoms with Crippen molar-refractivity contribution in [3.05, 3.63) is 200 Å². The van der Waals surface area contributed by atoms with Crippen molar-refractivity contribution in [3.63, 3.8) is 0 Å². The molecule has 11 rings (SSSR count). The van der Waals surface area contributed by atoms with Crippen LogP contribution in [0.4, 0.5) is 17.1 Å². The van der Waals surface area contributed by atoms with Crippen LogP contribution in [0, 0.1) is 0 Å². The Morgan fingerprint density at radius 2 is 0.855 bits per heavy atom. The summed E-state index contributed by atoms with van der Waals surface area (Å²) in [6, 6.07) is 72.2. The summed E-state index contributed by atoms with van der Waals surface area (Å²) in [7, 11) is 0. The first kappa shape index (κ1) is 31.6. The van der Waals surface area contributed by atoms with Crippen LogP contribution in [0.25, 0.3) is 86.3 Å². The SMILES string of the molecule is c1ccc(-c2ccc(N(c3ccc(-c4ccccc4)cc3)c3ccc4c(ccc5oc6ccc(-c7ccc8sc9ccccc9c8c7)cc6c54)c3)cc2)cc1. The van der Waals surface area contributed by atoms with Gasteiger partial charge in [-0.3, -0.25) is 0 Å². The predicted molar refractivity (Wildman–Crippen MR) is 235 cm³/mol. The lowest BCUT2D eigenvalue weighted by Crippen LogP contribution is -2.09. The zero-order valence-corrected chi connectivity index (χ0v) is 30.6. The Hall–Kier alpha value is -6.94. The van der Waals surface area contributed by atoms with E-state index in [9.17, 15) is 0 Å². The van der Waals surface area contributed by atoms with Crippen molar-refractivity contribution in [1.82, 2.24) is 0 Å². The van der Waals surface area contributed by atoms with Crippen molar-refractivity contribution >= 4 is 81.3 Å². The Morgan fingerprint density at radius 3 is 1.55 bits per heavy atom. The van der Waals surface area contributed by atoms with Crippen molar-refractivity contribution in [1.29, 1.82) is 0 Å². The Morgan fingerprint density at radius 1 is 0.327 bits per heavy atom. The minimum atomic E-state index is 0.899. The third kappa shape index (κ3) is 5.48. The second-order valence-electron chi connectivity index (χ2n) is 14.1. The number of furan rings is 1. The molecule has 9 aromatic carbocycles. The molecule has 258 valence electrons. The fraction of sp³-hybridized carbons (Fsp3) is 0. The smallest absolute Gasteiger partial charge is 0.136 e. The Labute approximate surface area is 322 Å². The fourth-order valence-electron chi connectivity index (χ4n) is 8.13. The molecule has 2 nitrogen and oxygen atoms in total. The number of fused-ring (bicyclic) bond motifs is 8. The first-order valence-electron chi connectivity index (χ1n) is 18.7. The normalized spacial score (nSPS) is 11.6. The molecule has 0 aliphatic heterocycles. The number of nitrogens with zero attached hydrogens (tertiary/aromatic N) is 1. The predicted octanol–water partition coefficient (Wildman–Crippen LogP) is 15.6. The maximum Gasteiger partial charge on any atom is 0.136 e. The second kappa shape index (κ2) is 12.9. The molecule has 0 amide bonds. The van der Waals surface area contributed by atoms with E-state index in [0.29, 0.717) is 0 Å². The van der Waals surface area contributed by atoms with Crippen LogP contribution in [0.2, 0.25) is 0 Å². The highest BCUT2D eigenvalue weighted by Crippen LogP contribution is 2.42. The average molecular weight is 720 g/mol. The van der Waals surface area contributed by atoms with Crippen molar-refractivity contribution in [2.75, 3.05) is 4.90 Å². The standard InChI is InChI=1S/C52H33NOS/c1-3-9-34(10-4-1)36-15-22-41(23-16-36)53(42-24-17-37(18-25-42)35-11-5-2-6-12-35)43-26-27-44-40(31-43)20-29-49-52(44)47-33-38(19-28-48(47)54-49)39-21-30-51-46(32-39)45-13-7-8-14-50(45)55-51/h1-33H. The molecular weight excluding hydrogens is 687 g/mol. The minimum absolute atomic E-state index is 0.899. The Bertz CT molecular complexity index is 3090. The zero-order valence-electron chi connectivity index (χ0n) is 29.8. The first-order valence-corrected chi connectivity index (χ1v) is 19.5. The van der Waals surface area contributed by atoms with Gasteiger partial charge in [0.05, 0.1) is 0 Å². The summed E-state index contributed by atoms with van der Waals surface area (Å²) in [5, 5.41) is 7.24. The van der Waals surface area contributed by atoms with Crippen LogP contribution in [0.15, 0.2) is 205 Å². The van der Waals surface area contributed by atoms with E-state index in [2.05, 4.69) is 205 Å². The third-order valence-corrected chi connectivity index (χ3v) is 12.0. The van der Waals surface area contributed by atoms with E-state index in [0.717, 1.165) is 44.4 Å². The van der Waals surface area contributed by atoms with Crippen molar-refractivity contribution in [3.8, 4) is 33.4 Å². The molecule has 0 saturated heterocycles. The van der Waals surface area contributed by atoms with Gasteiger partial charge in [-0.05, 0) is 117 Å². The van der Waals surface area contributed by atoms with E-state index < -0.39 is 0 Å². The highest BCUT2D eigenvalue weighted by Gasteiger charge is 2.17. The summed E-state index contributed by atoms with van der Waals surface area (Å²) in [6.07, 6.45) is 0. The number of hydrogen-bond donors (Lipinski definition) is 0. The molecule has 0 spiro atoms. The first-order chi connectivity index (χ1) is 27.2. The van der Waals surface area contributed by atoms with Gasteiger partial charge in [0, 0.05) is 48.0 Å². The average Bonchev–Trinajstić information content (AvgIpc) is 3.83. The van der Waals surface area contributed by atoms with Gasteiger partial charge in [-0.25, -0.2) is 0 Å². The molecule has 0 aliphatic carbocycles. The van der Waals surface area contributed by atoms with Gasteiger partial charge in [0.25, 0.3) is 0 Å². The monoisotopic (exact) mass is 719 g/mol. The van der Waals surface area contributed by atoms with Crippen LogP contribution >= 0.6 is 11.3 Å². The Kier molecular flexibility index (Phi) is 7.39.